The van der Waals surface area contributed by atoms with Gasteiger partial charge in [-0.3, -0.25) is 0 Å². The maximum absolute atomic E-state index is 6.81. The largest absolute Gasteiger partial charge is 0.456 e. The van der Waals surface area contributed by atoms with Crippen molar-refractivity contribution in [1.29, 1.82) is 0 Å². The number of furan rings is 1. The summed E-state index contributed by atoms with van der Waals surface area (Å²) in [6, 6.07) is 77.3. The van der Waals surface area contributed by atoms with Gasteiger partial charge in [0.2, 0.25) is 0 Å². The molecule has 2 heterocycles. The molecule has 1 aliphatic carbocycles. The van der Waals surface area contributed by atoms with E-state index in [1.807, 2.05) is 11.3 Å². The molecule has 0 aliphatic heterocycles. The Balaban J connectivity index is 1.07. The number of nitrogens with zero attached hydrogens (tertiary/aromatic N) is 1. The van der Waals surface area contributed by atoms with Gasteiger partial charge in [-0.15, -0.1) is 11.3 Å². The van der Waals surface area contributed by atoms with Crippen LogP contribution in [0.25, 0.3) is 64.4 Å². The molecule has 272 valence electrons. The van der Waals surface area contributed by atoms with Crippen LogP contribution in [0.15, 0.2) is 217 Å². The number of thiophene rings is 1. The molecule has 58 heavy (non-hydrogen) atoms. The summed E-state index contributed by atoms with van der Waals surface area (Å²) in [7, 11) is 0. The Kier molecular flexibility index (Phi) is 7.35. The molecule has 0 fully saturated rings. The van der Waals surface area contributed by atoms with Gasteiger partial charge in [-0.25, -0.2) is 0 Å². The van der Waals surface area contributed by atoms with Crippen molar-refractivity contribution in [3.63, 3.8) is 0 Å². The second-order valence-electron chi connectivity index (χ2n) is 15.2. The van der Waals surface area contributed by atoms with E-state index in [2.05, 4.69) is 217 Å². The maximum Gasteiger partial charge on any atom is 0.137 e. The highest BCUT2D eigenvalue weighted by Crippen LogP contribution is 2.56. The Morgan fingerprint density at radius 2 is 1.05 bits per heavy atom. The maximum atomic E-state index is 6.81. The monoisotopic (exact) mass is 757 g/mol. The van der Waals surface area contributed by atoms with E-state index in [9.17, 15) is 0 Å². The molecule has 0 saturated carbocycles. The highest BCUT2D eigenvalue weighted by atomic mass is 32.1. The number of anilines is 3. The van der Waals surface area contributed by atoms with Gasteiger partial charge in [0.05, 0.1) is 15.8 Å². The summed E-state index contributed by atoms with van der Waals surface area (Å²) in [6.45, 7) is 0. The topological polar surface area (TPSA) is 16.4 Å². The minimum atomic E-state index is -0.477. The lowest BCUT2D eigenvalue weighted by Gasteiger charge is -2.33. The highest BCUT2D eigenvalue weighted by Gasteiger charge is 2.46. The lowest BCUT2D eigenvalue weighted by Crippen LogP contribution is -2.28. The second-order valence-corrected chi connectivity index (χ2v) is 16.3. The van der Waals surface area contributed by atoms with E-state index in [0.717, 1.165) is 39.0 Å². The van der Waals surface area contributed by atoms with Crippen LogP contribution in [0.4, 0.5) is 17.1 Å². The molecular formula is C55H35NOS. The predicted molar refractivity (Wildman–Crippen MR) is 244 cm³/mol. The van der Waals surface area contributed by atoms with Crippen molar-refractivity contribution in [2.75, 3.05) is 4.90 Å². The van der Waals surface area contributed by atoms with E-state index in [0.29, 0.717) is 0 Å². The summed E-state index contributed by atoms with van der Waals surface area (Å²) >= 11 is 1.85. The van der Waals surface area contributed by atoms with Crippen LogP contribution in [0.1, 0.15) is 22.3 Å². The summed E-state index contributed by atoms with van der Waals surface area (Å²) in [6.07, 6.45) is 0. The zero-order chi connectivity index (χ0) is 38.2. The summed E-state index contributed by atoms with van der Waals surface area (Å²) in [5.74, 6) is 0. The Morgan fingerprint density at radius 1 is 0.397 bits per heavy atom. The minimum Gasteiger partial charge on any atom is -0.456 e. The molecular weight excluding hydrogens is 723 g/mol. The summed E-state index contributed by atoms with van der Waals surface area (Å²) in [4.78, 5) is 2.40. The van der Waals surface area contributed by atoms with Gasteiger partial charge >= 0.3 is 0 Å². The highest BCUT2D eigenvalue weighted by molar-refractivity contribution is 7.26. The van der Waals surface area contributed by atoms with Crippen LogP contribution in [-0.2, 0) is 5.41 Å². The third-order valence-corrected chi connectivity index (χ3v) is 13.4. The van der Waals surface area contributed by atoms with Gasteiger partial charge in [-0.2, -0.15) is 0 Å². The SMILES string of the molecule is c1ccc(-c2cccc(N(c3ccc4c(c3)oc3ccc(C5(c6ccccc6)c6ccccc6-c6ccccc65)cc34)c3cccc4c3sc3ccccc34)c2)cc1. The fraction of sp³-hybridized carbons (Fsp3) is 0.0182. The Morgan fingerprint density at radius 3 is 1.86 bits per heavy atom. The smallest absolute Gasteiger partial charge is 0.137 e. The number of fused-ring (bicyclic) bond motifs is 9. The standard InChI is InChI=1S/C55H35NOS/c1-3-15-36(16-4-1)37-17-13-20-40(33-37)56(50-27-14-24-46-45-23-9-12-28-53(45)58-54(46)50)41-30-31-44-47-34-39(29-32-51(47)57-52(44)35-41)55(38-18-5-2-6-19-38)48-25-10-7-21-42(48)43-22-8-11-26-49(43)55/h1-35H. The molecule has 0 N–H and O–H groups in total. The number of benzene rings is 9. The fourth-order valence-electron chi connectivity index (χ4n) is 9.64. The zero-order valence-corrected chi connectivity index (χ0v) is 32.3. The first-order valence-corrected chi connectivity index (χ1v) is 20.6. The molecule has 2 nitrogen and oxygen atoms in total. The van der Waals surface area contributed by atoms with Crippen LogP contribution in [0.5, 0.6) is 0 Å². The number of rotatable bonds is 6. The first kappa shape index (κ1) is 33.0. The zero-order valence-electron chi connectivity index (χ0n) is 31.5. The number of hydrogen-bond donors (Lipinski definition) is 0. The minimum absolute atomic E-state index is 0.477. The van der Waals surface area contributed by atoms with E-state index in [1.165, 1.54) is 64.7 Å². The van der Waals surface area contributed by atoms with Crippen LogP contribution in [-0.4, -0.2) is 0 Å². The molecule has 0 radical (unpaired) electrons. The lowest BCUT2D eigenvalue weighted by molar-refractivity contribution is 0.668. The van der Waals surface area contributed by atoms with Gasteiger partial charge in [0, 0.05) is 43.7 Å². The third kappa shape index (κ3) is 4.84. The molecule has 0 saturated heterocycles. The molecule has 0 atom stereocenters. The molecule has 0 bridgehead atoms. The van der Waals surface area contributed by atoms with Crippen molar-refractivity contribution >= 4 is 70.5 Å². The van der Waals surface area contributed by atoms with Crippen molar-refractivity contribution in [2.24, 2.45) is 0 Å². The fourth-order valence-corrected chi connectivity index (χ4v) is 10.8. The Labute approximate surface area is 340 Å². The van der Waals surface area contributed by atoms with E-state index in [4.69, 9.17) is 4.42 Å². The molecule has 3 heteroatoms. The van der Waals surface area contributed by atoms with Crippen LogP contribution in [0.3, 0.4) is 0 Å². The summed E-state index contributed by atoms with van der Waals surface area (Å²) in [5.41, 5.74) is 14.6. The molecule has 0 unspecified atom stereocenters. The van der Waals surface area contributed by atoms with E-state index < -0.39 is 5.41 Å². The second kappa shape index (κ2) is 12.9. The van der Waals surface area contributed by atoms with Gasteiger partial charge in [0.15, 0.2) is 0 Å². The quantitative estimate of drug-likeness (QED) is 0.168. The first-order valence-electron chi connectivity index (χ1n) is 19.8. The Bertz CT molecular complexity index is 3310. The van der Waals surface area contributed by atoms with Gasteiger partial charge in [-0.1, -0.05) is 158 Å². The van der Waals surface area contributed by atoms with E-state index >= 15 is 0 Å². The van der Waals surface area contributed by atoms with Gasteiger partial charge < -0.3 is 9.32 Å². The molecule has 0 amide bonds. The van der Waals surface area contributed by atoms with Gasteiger partial charge in [0.1, 0.15) is 11.2 Å². The van der Waals surface area contributed by atoms with Crippen LogP contribution in [0.2, 0.25) is 0 Å². The van der Waals surface area contributed by atoms with Crippen molar-refractivity contribution in [2.45, 2.75) is 5.41 Å². The third-order valence-electron chi connectivity index (χ3n) is 12.1. The average molecular weight is 758 g/mol. The molecule has 2 aromatic heterocycles. The van der Waals surface area contributed by atoms with Crippen molar-refractivity contribution in [1.82, 2.24) is 0 Å². The van der Waals surface area contributed by atoms with E-state index in [1.54, 1.807) is 0 Å². The van der Waals surface area contributed by atoms with E-state index in [-0.39, 0.29) is 0 Å². The summed E-state index contributed by atoms with van der Waals surface area (Å²) in [5, 5.41) is 4.76. The average Bonchev–Trinajstić information content (AvgIpc) is 3.96. The van der Waals surface area contributed by atoms with Crippen LogP contribution in [0, 0.1) is 0 Å². The Hall–Kier alpha value is -7.20. The number of hydrogen-bond acceptors (Lipinski definition) is 3. The van der Waals surface area contributed by atoms with Gasteiger partial charge in [0.25, 0.3) is 0 Å². The van der Waals surface area contributed by atoms with Gasteiger partial charge in [-0.05, 0) is 93.0 Å². The first-order chi connectivity index (χ1) is 28.8. The molecule has 11 aromatic rings. The summed E-state index contributed by atoms with van der Waals surface area (Å²) < 4.78 is 9.36. The van der Waals surface area contributed by atoms with Crippen molar-refractivity contribution < 1.29 is 4.42 Å². The lowest BCUT2D eigenvalue weighted by atomic mass is 9.67. The molecule has 12 rings (SSSR count). The van der Waals surface area contributed by atoms with Crippen LogP contribution >= 0.6 is 11.3 Å². The van der Waals surface area contributed by atoms with Crippen LogP contribution < -0.4 is 4.90 Å². The molecule has 9 aromatic carbocycles. The van der Waals surface area contributed by atoms with Crippen molar-refractivity contribution in [3.8, 4) is 22.3 Å². The van der Waals surface area contributed by atoms with Crippen molar-refractivity contribution in [3.05, 3.63) is 235 Å². The molecule has 1 aliphatic rings. The normalized spacial score (nSPS) is 13.0. The predicted octanol–water partition coefficient (Wildman–Crippen LogP) is 15.5. The molecule has 0 spiro atoms.